The fourth-order valence-corrected chi connectivity index (χ4v) is 7.78. The Morgan fingerprint density at radius 1 is 0.432 bits per heavy atom. The van der Waals surface area contributed by atoms with Crippen LogP contribution in [0.25, 0.3) is 0 Å². The second kappa shape index (κ2) is 17.8. The van der Waals surface area contributed by atoms with Crippen molar-refractivity contribution >= 4 is 11.9 Å². The van der Waals surface area contributed by atoms with Gasteiger partial charge in [0, 0.05) is 0 Å². The lowest BCUT2D eigenvalue weighted by Crippen LogP contribution is -2.26. The zero-order valence-electron chi connectivity index (χ0n) is 29.4. The maximum absolute atomic E-state index is 13.7. The van der Waals surface area contributed by atoms with E-state index in [2.05, 4.69) is 41.5 Å². The maximum atomic E-state index is 13.7. The average Bonchev–Trinajstić information content (AvgIpc) is 3.03. The van der Waals surface area contributed by atoms with Gasteiger partial charge in [-0.3, -0.25) is 0 Å². The van der Waals surface area contributed by atoms with E-state index < -0.39 is 11.9 Å². The summed E-state index contributed by atoms with van der Waals surface area (Å²) in [5, 5.41) is 0. The van der Waals surface area contributed by atoms with Gasteiger partial charge in [0.25, 0.3) is 0 Å². The number of ether oxygens (including phenoxy) is 2. The molecule has 4 nitrogen and oxygen atoms in total. The topological polar surface area (TPSA) is 52.6 Å². The zero-order chi connectivity index (χ0) is 32.2. The van der Waals surface area contributed by atoms with Gasteiger partial charge >= 0.3 is 11.9 Å². The quantitative estimate of drug-likeness (QED) is 0.107. The van der Waals surface area contributed by atoms with Gasteiger partial charge in [0.2, 0.25) is 0 Å². The first-order chi connectivity index (χ1) is 21.4. The Morgan fingerprint density at radius 2 is 0.750 bits per heavy atom. The molecule has 1 aliphatic carbocycles. The lowest BCUT2D eigenvalue weighted by molar-refractivity contribution is 0.0552. The molecule has 0 fully saturated rings. The maximum Gasteiger partial charge on any atom is 0.339 e. The summed E-state index contributed by atoms with van der Waals surface area (Å²) < 4.78 is 10.8. The first kappa shape index (κ1) is 35.9. The lowest BCUT2D eigenvalue weighted by atomic mass is 9.70. The van der Waals surface area contributed by atoms with Crippen molar-refractivity contribution in [3.05, 3.63) is 66.8 Å². The molecule has 4 heteroatoms. The molecule has 2 aromatic carbocycles. The molecule has 0 saturated heterocycles. The standard InChI is InChI=1S/C40H60O4/c1-9-15-17-23-31-35-25-33-29(21-13-5)27(19-11-3)28(20-12-4)30(22-14-6)34(33)26-36(35)32(24-18-16-10-2)38(40(42)44-8)37(31)39(41)43-7/h9-26H2,1-8H3. The summed E-state index contributed by atoms with van der Waals surface area (Å²) in [6.45, 7) is 13.6. The van der Waals surface area contributed by atoms with Gasteiger partial charge < -0.3 is 9.47 Å². The first-order valence-corrected chi connectivity index (χ1v) is 17.9. The van der Waals surface area contributed by atoms with Crippen molar-refractivity contribution in [3.63, 3.8) is 0 Å². The highest BCUT2D eigenvalue weighted by Gasteiger charge is 2.35. The van der Waals surface area contributed by atoms with Crippen LogP contribution in [-0.4, -0.2) is 26.2 Å². The van der Waals surface area contributed by atoms with E-state index in [4.69, 9.17) is 9.47 Å². The van der Waals surface area contributed by atoms with Crippen molar-refractivity contribution in [1.29, 1.82) is 0 Å². The number of rotatable bonds is 18. The Hall–Kier alpha value is -2.62. The van der Waals surface area contributed by atoms with E-state index in [1.165, 1.54) is 36.5 Å². The van der Waals surface area contributed by atoms with Crippen molar-refractivity contribution < 1.29 is 19.1 Å². The summed E-state index contributed by atoms with van der Waals surface area (Å²) in [7, 11) is 2.88. The van der Waals surface area contributed by atoms with Crippen molar-refractivity contribution in [2.75, 3.05) is 14.2 Å². The van der Waals surface area contributed by atoms with Crippen molar-refractivity contribution in [1.82, 2.24) is 0 Å². The largest absolute Gasteiger partial charge is 0.465 e. The Bertz CT molecular complexity index is 1190. The van der Waals surface area contributed by atoms with Crippen LogP contribution in [0.1, 0.15) is 182 Å². The van der Waals surface area contributed by atoms with Crippen molar-refractivity contribution in [2.45, 2.75) is 157 Å². The molecule has 0 atom stereocenters. The van der Waals surface area contributed by atoms with Gasteiger partial charge in [-0.05, 0) is 120 Å². The van der Waals surface area contributed by atoms with Crippen molar-refractivity contribution in [2.24, 2.45) is 0 Å². The summed E-state index contributed by atoms with van der Waals surface area (Å²) in [5.74, 6) is -0.819. The van der Waals surface area contributed by atoms with Crippen LogP contribution in [0, 0.1) is 0 Å². The second-order valence-electron chi connectivity index (χ2n) is 12.8. The average molecular weight is 605 g/mol. The molecule has 0 heterocycles. The monoisotopic (exact) mass is 604 g/mol. The smallest absolute Gasteiger partial charge is 0.339 e. The van der Waals surface area contributed by atoms with E-state index in [0.717, 1.165) is 127 Å². The summed E-state index contributed by atoms with van der Waals surface area (Å²) >= 11 is 0. The second-order valence-corrected chi connectivity index (χ2v) is 12.8. The fraction of sp³-hybridized carbons (Fsp3) is 0.650. The number of benzene rings is 2. The number of methoxy groups -OCH3 is 2. The van der Waals surface area contributed by atoms with E-state index in [1.807, 2.05) is 0 Å². The normalized spacial score (nSPS) is 12.2. The van der Waals surface area contributed by atoms with E-state index in [0.29, 0.717) is 11.1 Å². The molecule has 0 aliphatic heterocycles. The van der Waals surface area contributed by atoms with E-state index in [-0.39, 0.29) is 0 Å². The van der Waals surface area contributed by atoms with Gasteiger partial charge in [-0.15, -0.1) is 0 Å². The highest BCUT2D eigenvalue weighted by Crippen LogP contribution is 2.43. The number of fused-ring (bicyclic) bond motifs is 2. The highest BCUT2D eigenvalue weighted by molar-refractivity contribution is 6.06. The predicted molar refractivity (Wildman–Crippen MR) is 184 cm³/mol. The molecule has 2 aromatic rings. The molecule has 44 heavy (non-hydrogen) atoms. The van der Waals surface area contributed by atoms with E-state index in [1.54, 1.807) is 22.3 Å². The number of carbonyl (C=O) groups is 2. The summed E-state index contributed by atoms with van der Waals surface area (Å²) in [4.78, 5) is 27.3. The minimum absolute atomic E-state index is 0.410. The summed E-state index contributed by atoms with van der Waals surface area (Å²) in [5.41, 5.74) is 15.0. The molecule has 3 rings (SSSR count). The Kier molecular flexibility index (Phi) is 14.5. The Morgan fingerprint density at radius 3 is 1.05 bits per heavy atom. The van der Waals surface area contributed by atoms with Crippen LogP contribution in [0.4, 0.5) is 0 Å². The molecule has 244 valence electrons. The van der Waals surface area contributed by atoms with Crippen LogP contribution in [0.2, 0.25) is 0 Å². The van der Waals surface area contributed by atoms with Crippen molar-refractivity contribution in [3.8, 4) is 0 Å². The highest BCUT2D eigenvalue weighted by atomic mass is 16.5. The lowest BCUT2D eigenvalue weighted by Gasteiger charge is -2.34. The molecule has 0 aromatic heterocycles. The molecule has 0 amide bonds. The first-order valence-electron chi connectivity index (χ1n) is 17.9. The molecular formula is C40H60O4. The fourth-order valence-electron chi connectivity index (χ4n) is 7.78. The third-order valence-corrected chi connectivity index (χ3v) is 9.68. The van der Waals surface area contributed by atoms with Crippen LogP contribution in [0.3, 0.4) is 0 Å². The number of unbranched alkanes of at least 4 members (excludes halogenated alkanes) is 4. The molecule has 1 aliphatic rings. The number of hydrogen-bond donors (Lipinski definition) is 0. The van der Waals surface area contributed by atoms with Gasteiger partial charge in [0.05, 0.1) is 25.3 Å². The molecule has 0 spiro atoms. The number of hydrogen-bond acceptors (Lipinski definition) is 4. The zero-order valence-corrected chi connectivity index (χ0v) is 29.4. The van der Waals surface area contributed by atoms with Gasteiger partial charge in [0.15, 0.2) is 0 Å². The third-order valence-electron chi connectivity index (χ3n) is 9.68. The van der Waals surface area contributed by atoms with Crippen LogP contribution in [0.5, 0.6) is 0 Å². The SMILES string of the molecule is CCCCCc1c2c(c(CCCCC)c(C(=O)OC)c1C(=O)OC)Cc1c(CCC)c(CCC)c(CCC)c(CCC)c1C2. The van der Waals surface area contributed by atoms with Gasteiger partial charge in [-0.1, -0.05) is 92.9 Å². The predicted octanol–water partition coefficient (Wildman–Crippen LogP) is 10.0. The Balaban J connectivity index is 2.51. The number of carbonyl (C=O) groups excluding carboxylic acids is 2. The van der Waals surface area contributed by atoms with Crippen LogP contribution >= 0.6 is 0 Å². The molecule has 0 unspecified atom stereocenters. The van der Waals surface area contributed by atoms with E-state index in [9.17, 15) is 9.59 Å². The Labute approximate surface area is 268 Å². The van der Waals surface area contributed by atoms with Crippen LogP contribution in [-0.2, 0) is 60.8 Å². The van der Waals surface area contributed by atoms with E-state index >= 15 is 0 Å². The minimum Gasteiger partial charge on any atom is -0.465 e. The third kappa shape index (κ3) is 7.60. The van der Waals surface area contributed by atoms with Crippen LogP contribution in [0.15, 0.2) is 0 Å². The van der Waals surface area contributed by atoms with Gasteiger partial charge in [-0.25, -0.2) is 9.59 Å². The number of esters is 2. The molecule has 0 N–H and O–H groups in total. The molecular weight excluding hydrogens is 544 g/mol. The summed E-state index contributed by atoms with van der Waals surface area (Å²) in [6.07, 6.45) is 18.5. The summed E-state index contributed by atoms with van der Waals surface area (Å²) in [6, 6.07) is 0. The van der Waals surface area contributed by atoms with Gasteiger partial charge in [0.1, 0.15) is 0 Å². The molecule has 0 saturated carbocycles. The molecule has 0 bridgehead atoms. The molecule has 0 radical (unpaired) electrons. The van der Waals surface area contributed by atoms with Gasteiger partial charge in [-0.2, -0.15) is 0 Å². The minimum atomic E-state index is -0.410. The van der Waals surface area contributed by atoms with Crippen LogP contribution < -0.4 is 0 Å².